The third kappa shape index (κ3) is 3.22. The molecule has 1 aliphatic carbocycles. The first kappa shape index (κ1) is 14.9. The minimum atomic E-state index is -0.398. The molecule has 1 saturated carbocycles. The van der Waals surface area contributed by atoms with Crippen molar-refractivity contribution >= 4 is 5.97 Å². The monoisotopic (exact) mass is 299 g/mol. The van der Waals surface area contributed by atoms with E-state index in [0.717, 1.165) is 5.76 Å². The summed E-state index contributed by atoms with van der Waals surface area (Å²) in [4.78, 5) is 13.9. The van der Waals surface area contributed by atoms with Gasteiger partial charge in [0.1, 0.15) is 5.76 Å². The van der Waals surface area contributed by atoms with Gasteiger partial charge in [0, 0.05) is 12.0 Å². The number of likely N-dealkylation sites (N-methyl/N-ethyl adjacent to an activating group) is 1. The highest BCUT2D eigenvalue weighted by Crippen LogP contribution is 2.44. The van der Waals surface area contributed by atoms with Crippen LogP contribution in [0.4, 0.5) is 0 Å². The lowest BCUT2D eigenvalue weighted by Gasteiger charge is -2.15. The lowest BCUT2D eigenvalue weighted by molar-refractivity contribution is 0.0486. The van der Waals surface area contributed by atoms with Crippen molar-refractivity contribution in [2.24, 2.45) is 0 Å². The molecule has 1 aliphatic rings. The number of carbonyl (C=O) groups is 1. The third-order valence-electron chi connectivity index (χ3n) is 4.09. The number of esters is 1. The van der Waals surface area contributed by atoms with Crippen molar-refractivity contribution in [2.45, 2.75) is 31.8 Å². The van der Waals surface area contributed by atoms with Crippen LogP contribution in [0, 0.1) is 0 Å². The van der Waals surface area contributed by atoms with E-state index in [1.165, 1.54) is 12.0 Å². The molecule has 1 heterocycles. The van der Waals surface area contributed by atoms with Crippen LogP contribution in [0.3, 0.4) is 0 Å². The van der Waals surface area contributed by atoms with E-state index in [-0.39, 0.29) is 5.76 Å². The topological polar surface area (TPSA) is 42.7 Å². The molecule has 0 spiro atoms. The van der Waals surface area contributed by atoms with Gasteiger partial charge in [0.2, 0.25) is 5.76 Å². The lowest BCUT2D eigenvalue weighted by Crippen LogP contribution is -2.21. The van der Waals surface area contributed by atoms with Crippen LogP contribution in [-0.4, -0.2) is 30.6 Å². The van der Waals surface area contributed by atoms with Gasteiger partial charge >= 0.3 is 5.97 Å². The summed E-state index contributed by atoms with van der Waals surface area (Å²) in [7, 11) is 2.10. The van der Waals surface area contributed by atoms with E-state index in [2.05, 4.69) is 36.2 Å². The summed E-state index contributed by atoms with van der Waals surface area (Å²) in [5.74, 6) is 1.28. The number of ether oxygens (including phenoxy) is 1. The molecule has 1 fully saturated rings. The van der Waals surface area contributed by atoms with Gasteiger partial charge in [-0.1, -0.05) is 30.3 Å². The van der Waals surface area contributed by atoms with E-state index in [0.29, 0.717) is 25.1 Å². The van der Waals surface area contributed by atoms with Crippen LogP contribution in [0.2, 0.25) is 0 Å². The normalized spacial score (nSPS) is 20.1. The molecular weight excluding hydrogens is 278 g/mol. The summed E-state index contributed by atoms with van der Waals surface area (Å²) in [6.45, 7) is 2.84. The average molecular weight is 299 g/mol. The molecule has 22 heavy (non-hydrogen) atoms. The minimum Gasteiger partial charge on any atom is -0.460 e. The number of nitrogens with zero attached hydrogens (tertiary/aromatic N) is 1. The zero-order valence-electron chi connectivity index (χ0n) is 13.0. The van der Waals surface area contributed by atoms with E-state index in [1.54, 1.807) is 13.0 Å². The third-order valence-corrected chi connectivity index (χ3v) is 4.09. The van der Waals surface area contributed by atoms with Crippen molar-refractivity contribution in [3.05, 3.63) is 59.5 Å². The van der Waals surface area contributed by atoms with Crippen LogP contribution in [0.5, 0.6) is 0 Å². The Morgan fingerprint density at radius 1 is 1.27 bits per heavy atom. The quantitative estimate of drug-likeness (QED) is 0.766. The number of carbonyl (C=O) groups excluding carboxylic acids is 1. The Bertz CT molecular complexity index is 635. The molecular formula is C18H21NO3. The maximum absolute atomic E-state index is 11.6. The molecule has 1 aromatic heterocycles. The van der Waals surface area contributed by atoms with Crippen LogP contribution in [-0.2, 0) is 11.3 Å². The molecule has 2 unspecified atom stereocenters. The standard InChI is InChI=1S/C18H21NO3/c1-3-21-18(20)17-10-9-14(22-17)12-19(2)16-11-15(16)13-7-5-4-6-8-13/h4-10,15-16H,3,11-12H2,1-2H3. The van der Waals surface area contributed by atoms with Gasteiger partial charge in [0.25, 0.3) is 0 Å². The van der Waals surface area contributed by atoms with Crippen molar-refractivity contribution < 1.29 is 13.9 Å². The maximum atomic E-state index is 11.6. The second kappa shape index (κ2) is 6.36. The van der Waals surface area contributed by atoms with Gasteiger partial charge < -0.3 is 9.15 Å². The molecule has 1 aromatic carbocycles. The predicted molar refractivity (Wildman–Crippen MR) is 83.7 cm³/mol. The smallest absolute Gasteiger partial charge is 0.374 e. The van der Waals surface area contributed by atoms with E-state index >= 15 is 0 Å². The Balaban J connectivity index is 1.57. The second-order valence-electron chi connectivity index (χ2n) is 5.72. The summed E-state index contributed by atoms with van der Waals surface area (Å²) in [5, 5.41) is 0. The molecule has 116 valence electrons. The van der Waals surface area contributed by atoms with Crippen molar-refractivity contribution in [3.8, 4) is 0 Å². The Kier molecular flexibility index (Phi) is 4.29. The largest absolute Gasteiger partial charge is 0.460 e. The maximum Gasteiger partial charge on any atom is 0.374 e. The van der Waals surface area contributed by atoms with Crippen molar-refractivity contribution in [1.82, 2.24) is 4.90 Å². The summed E-state index contributed by atoms with van der Waals surface area (Å²) >= 11 is 0. The number of rotatable bonds is 6. The summed E-state index contributed by atoms with van der Waals surface area (Å²) < 4.78 is 10.5. The molecule has 0 N–H and O–H groups in total. The number of furan rings is 1. The molecule has 4 heteroatoms. The van der Waals surface area contributed by atoms with Crippen LogP contribution in [0.15, 0.2) is 46.9 Å². The summed E-state index contributed by atoms with van der Waals surface area (Å²) in [6.07, 6.45) is 1.17. The second-order valence-corrected chi connectivity index (χ2v) is 5.72. The van der Waals surface area contributed by atoms with Gasteiger partial charge in [0.05, 0.1) is 13.2 Å². The number of hydrogen-bond acceptors (Lipinski definition) is 4. The molecule has 0 aliphatic heterocycles. The molecule has 0 bridgehead atoms. The summed E-state index contributed by atoms with van der Waals surface area (Å²) in [6, 6.07) is 14.7. The lowest BCUT2D eigenvalue weighted by atomic mass is 10.1. The van der Waals surface area contributed by atoms with Gasteiger partial charge in [-0.15, -0.1) is 0 Å². The molecule has 0 saturated heterocycles. The van der Waals surface area contributed by atoms with E-state index in [1.807, 2.05) is 12.1 Å². The average Bonchev–Trinajstić information content (AvgIpc) is 3.21. The molecule has 3 rings (SSSR count). The minimum absolute atomic E-state index is 0.278. The van der Waals surface area contributed by atoms with E-state index < -0.39 is 5.97 Å². The van der Waals surface area contributed by atoms with Crippen molar-refractivity contribution in [3.63, 3.8) is 0 Å². The Labute approximate surface area is 130 Å². The van der Waals surface area contributed by atoms with Gasteiger partial charge in [-0.05, 0) is 38.1 Å². The van der Waals surface area contributed by atoms with E-state index in [4.69, 9.17) is 9.15 Å². The summed E-state index contributed by atoms with van der Waals surface area (Å²) in [5.41, 5.74) is 1.39. The highest BCUT2D eigenvalue weighted by molar-refractivity contribution is 5.86. The highest BCUT2D eigenvalue weighted by atomic mass is 16.5. The Morgan fingerprint density at radius 2 is 2.05 bits per heavy atom. The predicted octanol–water partition coefficient (Wildman–Crippen LogP) is 3.44. The zero-order chi connectivity index (χ0) is 15.5. The fraction of sp³-hybridized carbons (Fsp3) is 0.389. The van der Waals surface area contributed by atoms with Crippen LogP contribution < -0.4 is 0 Å². The number of hydrogen-bond donors (Lipinski definition) is 0. The van der Waals surface area contributed by atoms with E-state index in [9.17, 15) is 4.79 Å². The Morgan fingerprint density at radius 3 is 2.77 bits per heavy atom. The number of benzene rings is 1. The first-order valence-electron chi connectivity index (χ1n) is 7.70. The SMILES string of the molecule is CCOC(=O)c1ccc(CN(C)C2CC2c2ccccc2)o1. The van der Waals surface area contributed by atoms with Crippen LogP contribution in [0.1, 0.15) is 41.1 Å². The zero-order valence-corrected chi connectivity index (χ0v) is 13.0. The molecule has 4 nitrogen and oxygen atoms in total. The molecule has 2 aromatic rings. The van der Waals surface area contributed by atoms with Gasteiger partial charge in [0.15, 0.2) is 0 Å². The van der Waals surface area contributed by atoms with Crippen LogP contribution >= 0.6 is 0 Å². The van der Waals surface area contributed by atoms with Gasteiger partial charge in [-0.2, -0.15) is 0 Å². The van der Waals surface area contributed by atoms with Crippen molar-refractivity contribution in [2.75, 3.05) is 13.7 Å². The fourth-order valence-corrected chi connectivity index (χ4v) is 2.87. The Hall–Kier alpha value is -2.07. The first-order chi connectivity index (χ1) is 10.7. The fourth-order valence-electron chi connectivity index (χ4n) is 2.87. The van der Waals surface area contributed by atoms with Gasteiger partial charge in [-0.25, -0.2) is 4.79 Å². The molecule has 0 amide bonds. The molecule has 2 atom stereocenters. The first-order valence-corrected chi connectivity index (χ1v) is 7.70. The van der Waals surface area contributed by atoms with Crippen molar-refractivity contribution in [1.29, 1.82) is 0 Å². The highest BCUT2D eigenvalue weighted by Gasteiger charge is 2.41. The molecule has 0 radical (unpaired) electrons. The van der Waals surface area contributed by atoms with Gasteiger partial charge in [-0.3, -0.25) is 4.90 Å². The van der Waals surface area contributed by atoms with Crippen LogP contribution in [0.25, 0.3) is 0 Å².